The normalized spacial score (nSPS) is 25.9. The number of nitrogens with zero attached hydrogens (tertiary/aromatic N) is 2. The molecule has 16 heavy (non-hydrogen) atoms. The molecule has 0 aromatic carbocycles. The second-order valence-corrected chi connectivity index (χ2v) is 6.08. The smallest absolute Gasteiger partial charge is 0.0623 e. The Morgan fingerprint density at radius 3 is 2.81 bits per heavy atom. The summed E-state index contributed by atoms with van der Waals surface area (Å²) >= 11 is 2.29. The van der Waals surface area contributed by atoms with E-state index in [-0.39, 0.29) is 0 Å². The van der Waals surface area contributed by atoms with Crippen LogP contribution in [-0.4, -0.2) is 22.4 Å². The lowest BCUT2D eigenvalue weighted by Gasteiger charge is -2.27. The Hall–Kier alpha value is -0.100. The van der Waals surface area contributed by atoms with Crippen LogP contribution in [0, 0.1) is 9.49 Å². The maximum Gasteiger partial charge on any atom is 0.0623 e. The van der Waals surface area contributed by atoms with Crippen molar-refractivity contribution >= 4 is 22.6 Å². The maximum atomic E-state index is 4.28. The predicted molar refractivity (Wildman–Crippen MR) is 74.4 cm³/mol. The second kappa shape index (κ2) is 6.00. The van der Waals surface area contributed by atoms with E-state index in [4.69, 9.17) is 0 Å². The molecular formula is C12H20IN3. The van der Waals surface area contributed by atoms with Gasteiger partial charge in [0.2, 0.25) is 0 Å². The van der Waals surface area contributed by atoms with Crippen molar-refractivity contribution in [3.63, 3.8) is 0 Å². The third-order valence-electron chi connectivity index (χ3n) is 3.39. The van der Waals surface area contributed by atoms with Gasteiger partial charge in [0.15, 0.2) is 0 Å². The first kappa shape index (κ1) is 12.4. The van der Waals surface area contributed by atoms with Crippen LogP contribution < -0.4 is 5.32 Å². The van der Waals surface area contributed by atoms with Gasteiger partial charge < -0.3 is 5.32 Å². The van der Waals surface area contributed by atoms with Crippen molar-refractivity contribution in [2.24, 2.45) is 5.92 Å². The highest BCUT2D eigenvalue weighted by Crippen LogP contribution is 2.23. The monoisotopic (exact) mass is 333 g/mol. The highest BCUT2D eigenvalue weighted by Gasteiger charge is 2.17. The lowest BCUT2D eigenvalue weighted by Crippen LogP contribution is -2.34. The summed E-state index contributed by atoms with van der Waals surface area (Å²) in [5.74, 6) is 0.936. The Bertz CT molecular complexity index is 316. The zero-order chi connectivity index (χ0) is 11.4. The minimum atomic E-state index is 0.742. The van der Waals surface area contributed by atoms with Crippen molar-refractivity contribution in [1.82, 2.24) is 15.1 Å². The summed E-state index contributed by atoms with van der Waals surface area (Å²) in [5, 5.41) is 7.92. The van der Waals surface area contributed by atoms with E-state index >= 15 is 0 Å². The lowest BCUT2D eigenvalue weighted by molar-refractivity contribution is 0.304. The van der Waals surface area contributed by atoms with Crippen LogP contribution in [0.15, 0.2) is 12.4 Å². The molecule has 0 atom stereocenters. The molecule has 3 nitrogen and oxygen atoms in total. The summed E-state index contributed by atoms with van der Waals surface area (Å²) in [7, 11) is 0. The molecule has 0 bridgehead atoms. The highest BCUT2D eigenvalue weighted by molar-refractivity contribution is 14.1. The summed E-state index contributed by atoms with van der Waals surface area (Å²) in [5.41, 5.74) is 0. The van der Waals surface area contributed by atoms with Gasteiger partial charge in [0.05, 0.1) is 16.3 Å². The molecule has 0 aliphatic heterocycles. The standard InChI is InChI=1S/C12H20IN3/c1-10-2-4-12(5-3-10)14-6-7-16-9-11(13)8-15-16/h8-10,12,14H,2-7H2,1H3. The number of hydrogen-bond donors (Lipinski definition) is 1. The van der Waals surface area contributed by atoms with Crippen molar-refractivity contribution < 1.29 is 0 Å². The molecule has 0 unspecified atom stereocenters. The number of nitrogens with one attached hydrogen (secondary N) is 1. The van der Waals surface area contributed by atoms with Crippen molar-refractivity contribution in [3.05, 3.63) is 16.0 Å². The Morgan fingerprint density at radius 1 is 1.44 bits per heavy atom. The van der Waals surface area contributed by atoms with E-state index in [1.807, 2.05) is 10.9 Å². The summed E-state index contributed by atoms with van der Waals surface area (Å²) in [4.78, 5) is 0. The minimum Gasteiger partial charge on any atom is -0.312 e. The topological polar surface area (TPSA) is 29.9 Å². The zero-order valence-corrected chi connectivity index (χ0v) is 12.0. The lowest BCUT2D eigenvalue weighted by atomic mass is 9.87. The Morgan fingerprint density at radius 2 is 2.19 bits per heavy atom. The molecule has 1 fully saturated rings. The second-order valence-electron chi connectivity index (χ2n) is 4.83. The Labute approximate surface area is 111 Å². The van der Waals surface area contributed by atoms with Gasteiger partial charge in [-0.1, -0.05) is 6.92 Å². The molecule has 0 radical (unpaired) electrons. The van der Waals surface area contributed by atoms with E-state index < -0.39 is 0 Å². The van der Waals surface area contributed by atoms with Gasteiger partial charge in [0.25, 0.3) is 0 Å². The predicted octanol–water partition coefficient (Wildman–Crippen LogP) is 2.66. The fourth-order valence-corrected chi connectivity index (χ4v) is 2.75. The average Bonchev–Trinajstić information content (AvgIpc) is 2.67. The van der Waals surface area contributed by atoms with Crippen molar-refractivity contribution in [2.75, 3.05) is 6.54 Å². The molecule has 2 rings (SSSR count). The van der Waals surface area contributed by atoms with E-state index in [1.54, 1.807) is 0 Å². The fraction of sp³-hybridized carbons (Fsp3) is 0.750. The maximum absolute atomic E-state index is 4.28. The average molecular weight is 333 g/mol. The molecule has 1 aliphatic rings. The molecule has 1 heterocycles. The molecular weight excluding hydrogens is 313 g/mol. The number of aromatic nitrogens is 2. The molecule has 1 N–H and O–H groups in total. The van der Waals surface area contributed by atoms with Crippen LogP contribution >= 0.6 is 22.6 Å². The highest BCUT2D eigenvalue weighted by atomic mass is 127. The van der Waals surface area contributed by atoms with Gasteiger partial charge in [-0.2, -0.15) is 5.10 Å². The van der Waals surface area contributed by atoms with Crippen LogP contribution in [0.4, 0.5) is 0 Å². The van der Waals surface area contributed by atoms with Crippen molar-refractivity contribution in [3.8, 4) is 0 Å². The quantitative estimate of drug-likeness (QED) is 0.859. The van der Waals surface area contributed by atoms with Gasteiger partial charge in [0.1, 0.15) is 0 Å². The number of halogens is 1. The van der Waals surface area contributed by atoms with Crippen molar-refractivity contribution in [1.29, 1.82) is 0 Å². The molecule has 4 heteroatoms. The summed E-state index contributed by atoms with van der Waals surface area (Å²) in [6, 6.07) is 0.742. The van der Waals surface area contributed by atoms with Gasteiger partial charge in [-0.05, 0) is 54.2 Å². The van der Waals surface area contributed by atoms with Crippen LogP contribution in [0.5, 0.6) is 0 Å². The first-order chi connectivity index (χ1) is 7.74. The summed E-state index contributed by atoms with van der Waals surface area (Å²) in [6.07, 6.45) is 9.46. The molecule has 1 aromatic heterocycles. The van der Waals surface area contributed by atoms with Crippen LogP contribution in [-0.2, 0) is 6.54 Å². The molecule has 0 saturated heterocycles. The Balaban J connectivity index is 1.64. The number of rotatable bonds is 4. The SMILES string of the molecule is CC1CCC(NCCn2cc(I)cn2)CC1. The van der Waals surface area contributed by atoms with Crippen molar-refractivity contribution in [2.45, 2.75) is 45.2 Å². The van der Waals surface area contributed by atoms with E-state index in [1.165, 1.54) is 29.3 Å². The largest absolute Gasteiger partial charge is 0.312 e. The molecule has 1 aromatic rings. The molecule has 1 saturated carbocycles. The van der Waals surface area contributed by atoms with E-state index in [0.717, 1.165) is 25.0 Å². The van der Waals surface area contributed by atoms with Crippen LogP contribution in [0.25, 0.3) is 0 Å². The number of hydrogen-bond acceptors (Lipinski definition) is 2. The van der Waals surface area contributed by atoms with Gasteiger partial charge in [-0.3, -0.25) is 4.68 Å². The molecule has 90 valence electrons. The van der Waals surface area contributed by atoms with Crippen LogP contribution in [0.2, 0.25) is 0 Å². The third kappa shape index (κ3) is 3.73. The molecule has 0 amide bonds. The van der Waals surface area contributed by atoms with Crippen LogP contribution in [0.1, 0.15) is 32.6 Å². The summed E-state index contributed by atoms with van der Waals surface area (Å²) in [6.45, 7) is 4.38. The first-order valence-corrected chi connectivity index (χ1v) is 7.23. The van der Waals surface area contributed by atoms with Gasteiger partial charge >= 0.3 is 0 Å². The van der Waals surface area contributed by atoms with E-state index in [0.29, 0.717) is 0 Å². The van der Waals surface area contributed by atoms with Crippen LogP contribution in [0.3, 0.4) is 0 Å². The third-order valence-corrected chi connectivity index (χ3v) is 3.95. The van der Waals surface area contributed by atoms with Gasteiger partial charge in [-0.15, -0.1) is 0 Å². The first-order valence-electron chi connectivity index (χ1n) is 6.15. The van der Waals surface area contributed by atoms with Gasteiger partial charge in [0, 0.05) is 18.8 Å². The van der Waals surface area contributed by atoms with Gasteiger partial charge in [-0.25, -0.2) is 0 Å². The fourth-order valence-electron chi connectivity index (χ4n) is 2.31. The Kier molecular flexibility index (Phi) is 4.64. The van der Waals surface area contributed by atoms with E-state index in [9.17, 15) is 0 Å². The zero-order valence-electron chi connectivity index (χ0n) is 9.82. The molecule has 1 aliphatic carbocycles. The van der Waals surface area contributed by atoms with E-state index in [2.05, 4.69) is 46.1 Å². The molecule has 0 spiro atoms. The summed E-state index contributed by atoms with van der Waals surface area (Å²) < 4.78 is 3.23. The minimum absolute atomic E-state index is 0.742.